The van der Waals surface area contributed by atoms with Crippen molar-refractivity contribution in [1.82, 2.24) is 0 Å². The summed E-state index contributed by atoms with van der Waals surface area (Å²) in [6.07, 6.45) is 1.89. The molecule has 0 atom stereocenters. The normalized spacial score (nSPS) is 10.9. The van der Waals surface area contributed by atoms with E-state index in [2.05, 4.69) is 6.58 Å². The molecule has 0 aliphatic carbocycles. The van der Waals surface area contributed by atoms with Gasteiger partial charge < -0.3 is 0 Å². The maximum Gasteiger partial charge on any atom is 0.208 e. The van der Waals surface area contributed by atoms with Gasteiger partial charge in [0.25, 0.3) is 0 Å². The molecule has 1 nitrogen and oxygen atoms in total. The van der Waals surface area contributed by atoms with E-state index in [1.165, 1.54) is 0 Å². The molecule has 0 N–H and O–H groups in total. The molecular weight excluding hydrogens is 100 g/mol. The fraction of sp³-hybridized carbons (Fsp3) is 0.571. The predicted octanol–water partition coefficient (Wildman–Crippen LogP) is 1.70. The number of allylic oxidation sites excluding steroid dienone is 1. The first-order valence-corrected chi connectivity index (χ1v) is 2.56. The lowest BCUT2D eigenvalue weighted by atomic mass is 9.88. The fourth-order valence-electron chi connectivity index (χ4n) is 0.0871. The minimum atomic E-state index is -0.458. The van der Waals surface area contributed by atoms with Gasteiger partial charge in [0.1, 0.15) is 0 Å². The van der Waals surface area contributed by atoms with Gasteiger partial charge in [-0.2, -0.15) is 0 Å². The van der Waals surface area contributed by atoms with Crippen molar-refractivity contribution >= 4 is 6.29 Å². The molecule has 45 valence electrons. The molecule has 0 spiro atoms. The molecule has 0 amide bonds. The van der Waals surface area contributed by atoms with Crippen LogP contribution < -0.4 is 0 Å². The molecule has 0 aromatic heterocycles. The Bertz CT molecular complexity index is 112. The smallest absolute Gasteiger partial charge is 0.208 e. The topological polar surface area (TPSA) is 17.1 Å². The molecule has 0 rings (SSSR count). The van der Waals surface area contributed by atoms with Gasteiger partial charge in [0, 0.05) is 0 Å². The van der Waals surface area contributed by atoms with Gasteiger partial charge in [0.15, 0.2) is 0 Å². The average Bonchev–Trinajstić information content (AvgIpc) is 1.67. The molecule has 0 heterocycles. The minimum absolute atomic E-state index is 0.458. The zero-order valence-corrected chi connectivity index (χ0v) is 5.62. The quantitative estimate of drug-likeness (QED) is 0.496. The van der Waals surface area contributed by atoms with Gasteiger partial charge in [-0.05, 0) is 20.8 Å². The Morgan fingerprint density at radius 1 is 1.62 bits per heavy atom. The number of hydrogen-bond donors (Lipinski definition) is 0. The zero-order valence-electron chi connectivity index (χ0n) is 5.62. The number of carbonyl (C=O) groups excluding carboxylic acids is 1. The van der Waals surface area contributed by atoms with Crippen molar-refractivity contribution in [2.24, 2.45) is 5.41 Å². The van der Waals surface area contributed by atoms with Crippen molar-refractivity contribution in [2.75, 3.05) is 0 Å². The van der Waals surface area contributed by atoms with Gasteiger partial charge in [-0.3, -0.25) is 4.79 Å². The monoisotopic (exact) mass is 111 g/mol. The zero-order chi connectivity index (χ0) is 6.78. The van der Waals surface area contributed by atoms with Crippen LogP contribution in [-0.4, -0.2) is 6.29 Å². The fourth-order valence-corrected chi connectivity index (χ4v) is 0.0871. The molecule has 0 bridgehead atoms. The summed E-state index contributed by atoms with van der Waals surface area (Å²) >= 11 is 0. The molecule has 0 unspecified atom stereocenters. The summed E-state index contributed by atoms with van der Waals surface area (Å²) in [7, 11) is 0. The lowest BCUT2D eigenvalue weighted by molar-refractivity contribution is 0.494. The predicted molar refractivity (Wildman–Crippen MR) is 34.3 cm³/mol. The van der Waals surface area contributed by atoms with Crippen molar-refractivity contribution < 1.29 is 4.79 Å². The highest BCUT2D eigenvalue weighted by Crippen LogP contribution is 2.19. The highest BCUT2D eigenvalue weighted by atomic mass is 16.1. The first-order chi connectivity index (χ1) is 3.50. The summed E-state index contributed by atoms with van der Waals surface area (Å²) in [4.78, 5) is 10.1. The van der Waals surface area contributed by atoms with Crippen LogP contribution in [0.3, 0.4) is 0 Å². The summed E-state index contributed by atoms with van der Waals surface area (Å²) in [5, 5.41) is 0. The Kier molecular flexibility index (Phi) is 1.96. The Hall–Kier alpha value is -0.590. The summed E-state index contributed by atoms with van der Waals surface area (Å²) in [6, 6.07) is 0. The van der Waals surface area contributed by atoms with Crippen LogP contribution in [0.15, 0.2) is 12.2 Å². The Labute approximate surface area is 50.4 Å². The molecule has 8 heavy (non-hydrogen) atoms. The van der Waals surface area contributed by atoms with Crippen LogP contribution in [0.4, 0.5) is 0 Å². The molecule has 1 heteroatoms. The van der Waals surface area contributed by atoms with Crippen molar-refractivity contribution in [3.63, 3.8) is 0 Å². The number of rotatable bonds is 2. The first kappa shape index (κ1) is 7.41. The molecule has 0 fully saturated rings. The van der Waals surface area contributed by atoms with Gasteiger partial charge in [-0.1, -0.05) is 12.2 Å². The number of hydrogen-bond acceptors (Lipinski definition) is 1. The second-order valence-corrected chi connectivity index (χ2v) is 2.51. The highest BCUT2D eigenvalue weighted by Gasteiger charge is 2.17. The van der Waals surface area contributed by atoms with Gasteiger partial charge >= 0.3 is 0 Å². The molecule has 1 radical (unpaired) electrons. The van der Waals surface area contributed by atoms with E-state index in [9.17, 15) is 4.79 Å². The van der Waals surface area contributed by atoms with Gasteiger partial charge in [-0.25, -0.2) is 0 Å². The summed E-state index contributed by atoms with van der Waals surface area (Å²) in [5.41, 5.74) is 0.396. The van der Waals surface area contributed by atoms with Crippen molar-refractivity contribution in [2.45, 2.75) is 20.8 Å². The van der Waals surface area contributed by atoms with Crippen LogP contribution in [0.2, 0.25) is 0 Å². The van der Waals surface area contributed by atoms with Crippen LogP contribution in [0, 0.1) is 5.41 Å². The van der Waals surface area contributed by atoms with Crippen LogP contribution >= 0.6 is 0 Å². The Morgan fingerprint density at radius 3 is 2.00 bits per heavy atom. The molecule has 0 aliphatic heterocycles. The highest BCUT2D eigenvalue weighted by molar-refractivity contribution is 5.63. The molecule has 0 saturated carbocycles. The second kappa shape index (κ2) is 2.12. The van der Waals surface area contributed by atoms with E-state index in [1.807, 2.05) is 13.2 Å². The van der Waals surface area contributed by atoms with Gasteiger partial charge in [0.05, 0.1) is 5.41 Å². The van der Waals surface area contributed by atoms with E-state index >= 15 is 0 Å². The Morgan fingerprint density at radius 2 is 2.00 bits per heavy atom. The molecule has 0 aromatic carbocycles. The van der Waals surface area contributed by atoms with Crippen LogP contribution in [0.5, 0.6) is 0 Å². The van der Waals surface area contributed by atoms with Crippen molar-refractivity contribution in [3.8, 4) is 0 Å². The third-order valence-electron chi connectivity index (χ3n) is 1.32. The average molecular weight is 111 g/mol. The minimum Gasteiger partial charge on any atom is -0.290 e. The van der Waals surface area contributed by atoms with Crippen LogP contribution in [-0.2, 0) is 4.79 Å². The maximum absolute atomic E-state index is 10.1. The largest absolute Gasteiger partial charge is 0.290 e. The molecule has 0 aliphatic rings. The van der Waals surface area contributed by atoms with Crippen molar-refractivity contribution in [1.29, 1.82) is 0 Å². The standard InChI is InChI=1S/C7H11O/c1-6(2)7(3,4)5-8/h1H2,2-4H3. The Balaban J connectivity index is 4.12. The molecule has 0 saturated heterocycles. The summed E-state index contributed by atoms with van der Waals surface area (Å²) in [6.45, 7) is 9.05. The molecule has 0 aromatic rings. The van der Waals surface area contributed by atoms with E-state index < -0.39 is 5.41 Å². The summed E-state index contributed by atoms with van der Waals surface area (Å²) < 4.78 is 0. The van der Waals surface area contributed by atoms with Gasteiger partial charge in [0.2, 0.25) is 6.29 Å². The maximum atomic E-state index is 10.1. The van der Waals surface area contributed by atoms with E-state index in [-0.39, 0.29) is 0 Å². The lowest BCUT2D eigenvalue weighted by Crippen LogP contribution is -2.12. The van der Waals surface area contributed by atoms with E-state index in [1.54, 1.807) is 13.8 Å². The molecular formula is C7H11O. The van der Waals surface area contributed by atoms with E-state index in [0.717, 1.165) is 5.57 Å². The first-order valence-electron chi connectivity index (χ1n) is 2.56. The van der Waals surface area contributed by atoms with E-state index in [0.29, 0.717) is 0 Å². The van der Waals surface area contributed by atoms with Gasteiger partial charge in [-0.15, -0.1) is 0 Å². The van der Waals surface area contributed by atoms with Crippen LogP contribution in [0.1, 0.15) is 20.8 Å². The second-order valence-electron chi connectivity index (χ2n) is 2.51. The SMILES string of the molecule is C=C(C)C(C)(C)[C]=O. The van der Waals surface area contributed by atoms with Crippen molar-refractivity contribution in [3.05, 3.63) is 12.2 Å². The third kappa shape index (κ3) is 1.49. The third-order valence-corrected chi connectivity index (χ3v) is 1.32. The van der Waals surface area contributed by atoms with E-state index in [4.69, 9.17) is 0 Å². The lowest BCUT2D eigenvalue weighted by Gasteiger charge is -2.13. The van der Waals surface area contributed by atoms with Crippen LogP contribution in [0.25, 0.3) is 0 Å². The summed E-state index contributed by atoms with van der Waals surface area (Å²) in [5.74, 6) is 0.